The third-order valence-corrected chi connectivity index (χ3v) is 3.91. The van der Waals surface area contributed by atoms with Crippen molar-refractivity contribution in [2.75, 3.05) is 6.61 Å². The van der Waals surface area contributed by atoms with Gasteiger partial charge in [0.25, 0.3) is 0 Å². The Kier molecular flexibility index (Phi) is 5.51. The van der Waals surface area contributed by atoms with Gasteiger partial charge in [0.05, 0.1) is 6.61 Å². The van der Waals surface area contributed by atoms with Crippen molar-refractivity contribution in [2.24, 2.45) is 0 Å². The van der Waals surface area contributed by atoms with E-state index in [0.29, 0.717) is 0 Å². The summed E-state index contributed by atoms with van der Waals surface area (Å²) in [6.07, 6.45) is 7.76. The molecule has 1 aromatic heterocycles. The Morgan fingerprint density at radius 2 is 1.75 bits per heavy atom. The topological polar surface area (TPSA) is 22.4 Å². The summed E-state index contributed by atoms with van der Waals surface area (Å²) in [5, 5.41) is 1.17. The van der Waals surface area contributed by atoms with Crippen LogP contribution in [0.3, 0.4) is 0 Å². The first kappa shape index (κ1) is 15.0. The molecule has 0 bridgehead atoms. The Bertz CT molecular complexity index is 540. The van der Waals surface area contributed by atoms with Crippen LogP contribution in [0, 0.1) is 13.8 Å². The predicted molar refractivity (Wildman–Crippen MR) is 84.6 cm³/mol. The zero-order valence-corrected chi connectivity index (χ0v) is 13.0. The van der Waals surface area contributed by atoms with E-state index in [0.717, 1.165) is 30.1 Å². The van der Waals surface area contributed by atoms with Crippen molar-refractivity contribution >= 4 is 11.0 Å². The number of furan rings is 1. The molecule has 20 heavy (non-hydrogen) atoms. The second-order valence-corrected chi connectivity index (χ2v) is 5.56. The summed E-state index contributed by atoms with van der Waals surface area (Å²) in [6, 6.07) is 6.10. The maximum Gasteiger partial charge on any atom is 0.134 e. The standard InChI is InChI=1S/C18H26O2/c1-4-5-6-7-8-9-12-19-16-10-11-18-17(13-16)14(2)15(3)20-18/h10-11,13H,4-9,12H2,1-3H3. The lowest BCUT2D eigenvalue weighted by molar-refractivity contribution is 0.304. The highest BCUT2D eigenvalue weighted by Gasteiger charge is 2.07. The van der Waals surface area contributed by atoms with Crippen LogP contribution in [0.4, 0.5) is 0 Å². The number of hydrogen-bond acceptors (Lipinski definition) is 2. The smallest absolute Gasteiger partial charge is 0.134 e. The monoisotopic (exact) mass is 274 g/mol. The number of benzene rings is 1. The first-order valence-electron chi connectivity index (χ1n) is 7.85. The van der Waals surface area contributed by atoms with Crippen LogP contribution in [0.2, 0.25) is 0 Å². The molecule has 0 saturated carbocycles. The van der Waals surface area contributed by atoms with Gasteiger partial charge in [-0.05, 0) is 44.0 Å². The lowest BCUT2D eigenvalue weighted by atomic mass is 10.1. The Morgan fingerprint density at radius 1 is 1.00 bits per heavy atom. The number of hydrogen-bond donors (Lipinski definition) is 0. The van der Waals surface area contributed by atoms with Crippen LogP contribution < -0.4 is 4.74 Å². The normalized spacial score (nSPS) is 11.2. The van der Waals surface area contributed by atoms with Gasteiger partial charge in [-0.3, -0.25) is 0 Å². The van der Waals surface area contributed by atoms with E-state index in [4.69, 9.17) is 9.15 Å². The molecule has 2 rings (SSSR count). The van der Waals surface area contributed by atoms with Gasteiger partial charge in [-0.2, -0.15) is 0 Å². The molecule has 2 nitrogen and oxygen atoms in total. The van der Waals surface area contributed by atoms with E-state index >= 15 is 0 Å². The van der Waals surface area contributed by atoms with Crippen molar-refractivity contribution in [1.29, 1.82) is 0 Å². The van der Waals surface area contributed by atoms with Crippen LogP contribution in [-0.4, -0.2) is 6.61 Å². The van der Waals surface area contributed by atoms with Crippen LogP contribution in [0.5, 0.6) is 5.75 Å². The molecule has 0 fully saturated rings. The molecule has 1 heterocycles. The Hall–Kier alpha value is -1.44. The van der Waals surface area contributed by atoms with E-state index in [1.165, 1.54) is 43.1 Å². The van der Waals surface area contributed by atoms with Gasteiger partial charge in [0.2, 0.25) is 0 Å². The SMILES string of the molecule is CCCCCCCCOc1ccc2oc(C)c(C)c2c1. The Balaban J connectivity index is 1.80. The van der Waals surface area contributed by atoms with Gasteiger partial charge in [0.1, 0.15) is 17.1 Å². The quantitative estimate of drug-likeness (QED) is 0.568. The van der Waals surface area contributed by atoms with E-state index in [1.54, 1.807) is 0 Å². The second kappa shape index (κ2) is 7.37. The van der Waals surface area contributed by atoms with E-state index < -0.39 is 0 Å². The van der Waals surface area contributed by atoms with Crippen LogP contribution in [-0.2, 0) is 0 Å². The van der Waals surface area contributed by atoms with Crippen molar-refractivity contribution in [3.8, 4) is 5.75 Å². The van der Waals surface area contributed by atoms with Gasteiger partial charge < -0.3 is 9.15 Å². The van der Waals surface area contributed by atoms with Gasteiger partial charge in [0.15, 0.2) is 0 Å². The minimum absolute atomic E-state index is 0.813. The molecular formula is C18H26O2. The molecule has 0 aliphatic heterocycles. The van der Waals surface area contributed by atoms with Crippen LogP contribution in [0.1, 0.15) is 56.8 Å². The second-order valence-electron chi connectivity index (χ2n) is 5.56. The molecule has 0 spiro atoms. The maximum atomic E-state index is 5.84. The van der Waals surface area contributed by atoms with E-state index in [1.807, 2.05) is 19.1 Å². The summed E-state index contributed by atoms with van der Waals surface area (Å²) in [7, 11) is 0. The van der Waals surface area contributed by atoms with E-state index in [-0.39, 0.29) is 0 Å². The Labute approximate surface area is 122 Å². The summed E-state index contributed by atoms with van der Waals surface area (Å²) < 4.78 is 11.5. The average Bonchev–Trinajstić information content (AvgIpc) is 2.73. The molecular weight excluding hydrogens is 248 g/mol. The summed E-state index contributed by atoms with van der Waals surface area (Å²) in [5.41, 5.74) is 2.16. The summed E-state index contributed by atoms with van der Waals surface area (Å²) >= 11 is 0. The van der Waals surface area contributed by atoms with Crippen molar-refractivity contribution < 1.29 is 9.15 Å². The number of fused-ring (bicyclic) bond motifs is 1. The fourth-order valence-corrected chi connectivity index (χ4v) is 2.48. The lowest BCUT2D eigenvalue weighted by Crippen LogP contribution is -1.97. The molecule has 0 saturated heterocycles. The highest BCUT2D eigenvalue weighted by molar-refractivity contribution is 5.83. The fourth-order valence-electron chi connectivity index (χ4n) is 2.48. The minimum atomic E-state index is 0.813. The highest BCUT2D eigenvalue weighted by atomic mass is 16.5. The van der Waals surface area contributed by atoms with Gasteiger partial charge in [-0.25, -0.2) is 0 Å². The van der Waals surface area contributed by atoms with E-state index in [9.17, 15) is 0 Å². The van der Waals surface area contributed by atoms with Crippen molar-refractivity contribution in [3.05, 3.63) is 29.5 Å². The summed E-state index contributed by atoms with van der Waals surface area (Å²) in [6.45, 7) is 7.16. The van der Waals surface area contributed by atoms with Crippen LogP contribution in [0.15, 0.2) is 22.6 Å². The average molecular weight is 274 g/mol. The zero-order chi connectivity index (χ0) is 14.4. The van der Waals surface area contributed by atoms with E-state index in [2.05, 4.69) is 19.9 Å². The predicted octanol–water partition coefficient (Wildman–Crippen LogP) is 5.79. The van der Waals surface area contributed by atoms with Crippen molar-refractivity contribution in [3.63, 3.8) is 0 Å². The largest absolute Gasteiger partial charge is 0.494 e. The maximum absolute atomic E-state index is 5.84. The van der Waals surface area contributed by atoms with Gasteiger partial charge in [0, 0.05) is 5.39 Å². The third kappa shape index (κ3) is 3.78. The first-order chi connectivity index (χ1) is 9.72. The van der Waals surface area contributed by atoms with Crippen molar-refractivity contribution in [2.45, 2.75) is 59.3 Å². The number of rotatable bonds is 8. The third-order valence-electron chi connectivity index (χ3n) is 3.91. The number of aryl methyl sites for hydroxylation is 2. The minimum Gasteiger partial charge on any atom is -0.494 e. The van der Waals surface area contributed by atoms with Crippen LogP contribution >= 0.6 is 0 Å². The highest BCUT2D eigenvalue weighted by Crippen LogP contribution is 2.28. The molecule has 0 unspecified atom stereocenters. The van der Waals surface area contributed by atoms with Gasteiger partial charge >= 0.3 is 0 Å². The molecule has 110 valence electrons. The molecule has 1 aromatic carbocycles. The number of ether oxygens (including phenoxy) is 1. The number of unbranched alkanes of at least 4 members (excludes halogenated alkanes) is 5. The molecule has 0 aliphatic carbocycles. The molecule has 0 N–H and O–H groups in total. The van der Waals surface area contributed by atoms with Crippen molar-refractivity contribution in [1.82, 2.24) is 0 Å². The molecule has 0 aliphatic rings. The molecule has 0 atom stereocenters. The molecule has 2 aromatic rings. The lowest BCUT2D eigenvalue weighted by Gasteiger charge is -2.06. The molecule has 0 radical (unpaired) electrons. The Morgan fingerprint density at radius 3 is 2.55 bits per heavy atom. The zero-order valence-electron chi connectivity index (χ0n) is 13.0. The van der Waals surface area contributed by atoms with Gasteiger partial charge in [-0.1, -0.05) is 39.0 Å². The van der Waals surface area contributed by atoms with Crippen LogP contribution in [0.25, 0.3) is 11.0 Å². The summed E-state index contributed by atoms with van der Waals surface area (Å²) in [5.74, 6) is 1.95. The summed E-state index contributed by atoms with van der Waals surface area (Å²) in [4.78, 5) is 0. The molecule has 0 amide bonds. The molecule has 2 heteroatoms. The fraction of sp³-hybridized carbons (Fsp3) is 0.556. The first-order valence-corrected chi connectivity index (χ1v) is 7.85. The van der Waals surface area contributed by atoms with Gasteiger partial charge in [-0.15, -0.1) is 0 Å².